The number of nitrogens with two attached hydrogens (primary N) is 1. The topological polar surface area (TPSA) is 50.9 Å². The van der Waals surface area contributed by atoms with Crippen LogP contribution in [0, 0.1) is 5.82 Å². The lowest BCUT2D eigenvalue weighted by Gasteiger charge is -2.16. The van der Waals surface area contributed by atoms with Gasteiger partial charge in [-0.3, -0.25) is 16.3 Å². The number of hydrogen-bond acceptors (Lipinski definition) is 3. The monoisotopic (exact) mass is 309 g/mol. The average molecular weight is 310 g/mol. The maximum atomic E-state index is 12.9. The Hall–Kier alpha value is -1.30. The third-order valence-corrected chi connectivity index (χ3v) is 3.11. The maximum Gasteiger partial charge on any atom is 0.123 e. The predicted molar refractivity (Wildman–Crippen MR) is 72.1 cm³/mol. The third kappa shape index (κ3) is 3.35. The zero-order valence-electron chi connectivity index (χ0n) is 9.61. The number of benzene rings is 1. The normalized spacial score (nSPS) is 12.4. The number of hydrogen-bond donors (Lipinski definition) is 2. The van der Waals surface area contributed by atoms with Crippen molar-refractivity contribution in [3.63, 3.8) is 0 Å². The summed E-state index contributed by atoms with van der Waals surface area (Å²) in [6, 6.07) is 8.23. The molecule has 0 aliphatic rings. The van der Waals surface area contributed by atoms with Crippen molar-refractivity contribution in [3.05, 3.63) is 64.1 Å². The number of hydrazine groups is 1. The molecular formula is C13H13BrFN3. The molecule has 3 nitrogen and oxygen atoms in total. The van der Waals surface area contributed by atoms with E-state index in [4.69, 9.17) is 5.84 Å². The van der Waals surface area contributed by atoms with E-state index >= 15 is 0 Å². The first-order valence-corrected chi connectivity index (χ1v) is 6.29. The van der Waals surface area contributed by atoms with Gasteiger partial charge in [0.05, 0.1) is 6.04 Å². The molecule has 1 heterocycles. The van der Waals surface area contributed by atoms with Gasteiger partial charge in [-0.05, 0) is 51.7 Å². The molecular weight excluding hydrogens is 297 g/mol. The predicted octanol–water partition coefficient (Wildman–Crippen LogP) is 2.73. The Bertz CT molecular complexity index is 516. The second kappa shape index (κ2) is 6.04. The lowest BCUT2D eigenvalue weighted by Crippen LogP contribution is -2.29. The van der Waals surface area contributed by atoms with Crippen LogP contribution in [-0.4, -0.2) is 4.98 Å². The molecule has 5 heteroatoms. The Morgan fingerprint density at radius 3 is 2.61 bits per heavy atom. The van der Waals surface area contributed by atoms with E-state index in [2.05, 4.69) is 26.3 Å². The first-order valence-electron chi connectivity index (χ1n) is 5.50. The SMILES string of the molecule is NNC(Cc1cncc(Br)c1)c1ccc(F)cc1. The van der Waals surface area contributed by atoms with E-state index in [1.165, 1.54) is 12.1 Å². The Morgan fingerprint density at radius 1 is 1.28 bits per heavy atom. The largest absolute Gasteiger partial charge is 0.271 e. The molecule has 3 N–H and O–H groups in total. The van der Waals surface area contributed by atoms with Gasteiger partial charge in [0, 0.05) is 16.9 Å². The summed E-state index contributed by atoms with van der Waals surface area (Å²) in [6.45, 7) is 0. The minimum Gasteiger partial charge on any atom is -0.271 e. The Kier molecular flexibility index (Phi) is 4.41. The number of aromatic nitrogens is 1. The summed E-state index contributed by atoms with van der Waals surface area (Å²) in [5, 5.41) is 0. The highest BCUT2D eigenvalue weighted by Crippen LogP contribution is 2.19. The molecule has 0 saturated carbocycles. The fraction of sp³-hybridized carbons (Fsp3) is 0.154. The highest BCUT2D eigenvalue weighted by atomic mass is 79.9. The van der Waals surface area contributed by atoms with Crippen LogP contribution < -0.4 is 11.3 Å². The summed E-state index contributed by atoms with van der Waals surface area (Å²) in [4.78, 5) is 4.10. The standard InChI is InChI=1S/C13H13BrFN3/c14-11-5-9(7-17-8-11)6-13(18-16)10-1-3-12(15)4-2-10/h1-5,7-8,13,18H,6,16H2. The quantitative estimate of drug-likeness (QED) is 0.674. The van der Waals surface area contributed by atoms with Crippen molar-refractivity contribution >= 4 is 15.9 Å². The van der Waals surface area contributed by atoms with Crippen LogP contribution >= 0.6 is 15.9 Å². The van der Waals surface area contributed by atoms with Gasteiger partial charge < -0.3 is 0 Å². The molecule has 0 radical (unpaired) electrons. The molecule has 1 aromatic heterocycles. The Balaban J connectivity index is 2.17. The van der Waals surface area contributed by atoms with Crippen LogP contribution in [0.4, 0.5) is 4.39 Å². The smallest absolute Gasteiger partial charge is 0.123 e. The third-order valence-electron chi connectivity index (χ3n) is 2.67. The van der Waals surface area contributed by atoms with Crippen molar-refractivity contribution in [2.45, 2.75) is 12.5 Å². The lowest BCUT2D eigenvalue weighted by atomic mass is 10.0. The minimum atomic E-state index is -0.251. The summed E-state index contributed by atoms with van der Waals surface area (Å²) in [6.07, 6.45) is 4.21. The molecule has 0 fully saturated rings. The molecule has 1 atom stereocenters. The van der Waals surface area contributed by atoms with Crippen LogP contribution in [0.15, 0.2) is 47.2 Å². The summed E-state index contributed by atoms with van der Waals surface area (Å²) in [5.74, 6) is 5.30. The van der Waals surface area contributed by atoms with E-state index in [0.717, 1.165) is 15.6 Å². The summed E-state index contributed by atoms with van der Waals surface area (Å²) in [5.41, 5.74) is 4.74. The number of pyridine rings is 1. The van der Waals surface area contributed by atoms with Crippen LogP contribution in [0.1, 0.15) is 17.2 Å². The van der Waals surface area contributed by atoms with Crippen molar-refractivity contribution in [3.8, 4) is 0 Å². The van der Waals surface area contributed by atoms with Crippen molar-refractivity contribution in [1.82, 2.24) is 10.4 Å². The first kappa shape index (κ1) is 13.1. The van der Waals surface area contributed by atoms with Gasteiger partial charge in [0.25, 0.3) is 0 Å². The van der Waals surface area contributed by atoms with Gasteiger partial charge in [-0.15, -0.1) is 0 Å². The van der Waals surface area contributed by atoms with Crippen molar-refractivity contribution in [1.29, 1.82) is 0 Å². The Morgan fingerprint density at radius 2 is 2.00 bits per heavy atom. The number of nitrogens with one attached hydrogen (secondary N) is 1. The van der Waals surface area contributed by atoms with Gasteiger partial charge >= 0.3 is 0 Å². The molecule has 18 heavy (non-hydrogen) atoms. The van der Waals surface area contributed by atoms with Gasteiger partial charge in [-0.1, -0.05) is 12.1 Å². The van der Waals surface area contributed by atoms with Crippen LogP contribution in [-0.2, 0) is 6.42 Å². The first-order chi connectivity index (χ1) is 8.69. The van der Waals surface area contributed by atoms with Crippen LogP contribution in [0.5, 0.6) is 0 Å². The molecule has 2 aromatic rings. The summed E-state index contributed by atoms with van der Waals surface area (Å²) >= 11 is 3.38. The number of rotatable bonds is 4. The van der Waals surface area contributed by atoms with Gasteiger partial charge in [-0.2, -0.15) is 0 Å². The van der Waals surface area contributed by atoms with E-state index in [-0.39, 0.29) is 11.9 Å². The molecule has 1 aromatic carbocycles. The zero-order valence-corrected chi connectivity index (χ0v) is 11.2. The van der Waals surface area contributed by atoms with E-state index in [1.54, 1.807) is 24.5 Å². The lowest BCUT2D eigenvalue weighted by molar-refractivity contribution is 0.548. The van der Waals surface area contributed by atoms with Crippen molar-refractivity contribution in [2.24, 2.45) is 5.84 Å². The van der Waals surface area contributed by atoms with Crippen LogP contribution in [0.3, 0.4) is 0 Å². The molecule has 0 bridgehead atoms. The highest BCUT2D eigenvalue weighted by Gasteiger charge is 2.11. The van der Waals surface area contributed by atoms with Gasteiger partial charge in [0.15, 0.2) is 0 Å². The Labute approximate surface area is 113 Å². The number of nitrogens with zero attached hydrogens (tertiary/aromatic N) is 1. The van der Waals surface area contributed by atoms with Crippen molar-refractivity contribution in [2.75, 3.05) is 0 Å². The van der Waals surface area contributed by atoms with E-state index in [1.807, 2.05) is 6.07 Å². The fourth-order valence-corrected chi connectivity index (χ4v) is 2.18. The molecule has 0 spiro atoms. The van der Waals surface area contributed by atoms with E-state index in [9.17, 15) is 4.39 Å². The van der Waals surface area contributed by atoms with E-state index < -0.39 is 0 Å². The van der Waals surface area contributed by atoms with Gasteiger partial charge in [0.1, 0.15) is 5.82 Å². The second-order valence-corrected chi connectivity index (χ2v) is 4.90. The molecule has 2 rings (SSSR count). The summed E-state index contributed by atoms with van der Waals surface area (Å²) in [7, 11) is 0. The van der Waals surface area contributed by atoms with Crippen LogP contribution in [0.2, 0.25) is 0 Å². The van der Waals surface area contributed by atoms with Crippen LogP contribution in [0.25, 0.3) is 0 Å². The zero-order chi connectivity index (χ0) is 13.0. The number of halogens is 2. The molecule has 0 aliphatic heterocycles. The van der Waals surface area contributed by atoms with Gasteiger partial charge in [0.2, 0.25) is 0 Å². The maximum absolute atomic E-state index is 12.9. The summed E-state index contributed by atoms with van der Waals surface area (Å²) < 4.78 is 13.8. The minimum absolute atomic E-state index is 0.0679. The van der Waals surface area contributed by atoms with Crippen molar-refractivity contribution < 1.29 is 4.39 Å². The molecule has 0 aliphatic carbocycles. The fourth-order valence-electron chi connectivity index (χ4n) is 1.77. The molecule has 0 saturated heterocycles. The molecule has 0 amide bonds. The molecule has 1 unspecified atom stereocenters. The van der Waals surface area contributed by atoms with Gasteiger partial charge in [-0.25, -0.2) is 4.39 Å². The second-order valence-electron chi connectivity index (χ2n) is 3.99. The average Bonchev–Trinajstić information content (AvgIpc) is 2.37. The molecule has 94 valence electrons. The van der Waals surface area contributed by atoms with E-state index in [0.29, 0.717) is 6.42 Å². The highest BCUT2D eigenvalue weighted by molar-refractivity contribution is 9.10.